The summed E-state index contributed by atoms with van der Waals surface area (Å²) >= 11 is 3.23. The van der Waals surface area contributed by atoms with E-state index < -0.39 is 10.0 Å². The predicted octanol–water partition coefficient (Wildman–Crippen LogP) is 5.49. The number of sulfonamides is 1. The fraction of sp³-hybridized carbons (Fsp3) is 0.357. The molecule has 1 fully saturated rings. The lowest BCUT2D eigenvalue weighted by atomic mass is 10.0. The Bertz CT molecular complexity index is 1600. The molecule has 2 aromatic carbocycles. The third kappa shape index (κ3) is 5.69. The number of thiophene rings is 1. The smallest absolute Gasteiger partial charge is 0.256 e. The molecule has 8 nitrogen and oxygen atoms in total. The van der Waals surface area contributed by atoms with Crippen LogP contribution in [0.4, 0.5) is 5.00 Å². The minimum Gasteiger partial charge on any atom is -0.377 e. The van der Waals surface area contributed by atoms with E-state index in [0.29, 0.717) is 18.7 Å². The molecular formula is C28H31ClN4O4S3. The topological polar surface area (TPSA) is 91.8 Å². The average Bonchev–Trinajstić information content (AvgIpc) is 3.66. The van der Waals surface area contributed by atoms with Crippen molar-refractivity contribution in [1.82, 2.24) is 14.2 Å². The number of benzene rings is 2. The Kier molecular flexibility index (Phi) is 8.63. The molecule has 0 spiro atoms. The van der Waals surface area contributed by atoms with Gasteiger partial charge in [0, 0.05) is 49.3 Å². The highest BCUT2D eigenvalue weighted by Gasteiger charge is 2.28. The van der Waals surface area contributed by atoms with Crippen molar-refractivity contribution in [3.8, 4) is 10.6 Å². The number of thiazole rings is 1. The van der Waals surface area contributed by atoms with Gasteiger partial charge in [0.25, 0.3) is 5.91 Å². The third-order valence-electron chi connectivity index (χ3n) is 7.29. The summed E-state index contributed by atoms with van der Waals surface area (Å²) in [5.41, 5.74) is 3.61. The monoisotopic (exact) mass is 618 g/mol. The van der Waals surface area contributed by atoms with Crippen molar-refractivity contribution in [2.75, 3.05) is 39.1 Å². The van der Waals surface area contributed by atoms with Crippen LogP contribution in [0.25, 0.3) is 20.8 Å². The van der Waals surface area contributed by atoms with E-state index in [0.717, 1.165) is 58.1 Å². The molecule has 1 saturated heterocycles. The maximum absolute atomic E-state index is 13.4. The first-order valence-corrected chi connectivity index (χ1v) is 16.1. The number of hydrogen-bond donors (Lipinski definition) is 1. The SMILES string of the molecule is CN1CCc2c(sc(NC(=O)c3ccc(S(=O)(=O)N(C)CC4CCCO4)cc3)c2-c2nc3ccccc3s2)C1.Cl. The van der Waals surface area contributed by atoms with Crippen LogP contribution in [0.1, 0.15) is 33.6 Å². The number of rotatable bonds is 7. The predicted molar refractivity (Wildman–Crippen MR) is 163 cm³/mol. The van der Waals surface area contributed by atoms with Crippen LogP contribution in [-0.2, 0) is 27.7 Å². The Labute approximate surface area is 248 Å². The molecule has 6 rings (SSSR count). The summed E-state index contributed by atoms with van der Waals surface area (Å²) in [7, 11) is -0.00866. The summed E-state index contributed by atoms with van der Waals surface area (Å²) in [6.07, 6.45) is 2.64. The fourth-order valence-corrected chi connectivity index (χ4v) is 8.77. The first-order chi connectivity index (χ1) is 18.8. The van der Waals surface area contributed by atoms with Crippen molar-refractivity contribution >= 4 is 66.2 Å². The van der Waals surface area contributed by atoms with Crippen LogP contribution in [0, 0.1) is 0 Å². The number of nitrogens with one attached hydrogen (secondary N) is 1. The second-order valence-electron chi connectivity index (χ2n) is 10.1. The van der Waals surface area contributed by atoms with E-state index >= 15 is 0 Å². The second-order valence-corrected chi connectivity index (χ2v) is 14.3. The van der Waals surface area contributed by atoms with Gasteiger partial charge in [-0.05, 0) is 68.3 Å². The number of halogens is 1. The molecule has 4 aromatic rings. The number of aromatic nitrogens is 1. The molecular weight excluding hydrogens is 588 g/mol. The Morgan fingerprint density at radius 1 is 1.18 bits per heavy atom. The van der Waals surface area contributed by atoms with Crippen molar-refractivity contribution in [2.45, 2.75) is 36.8 Å². The van der Waals surface area contributed by atoms with Gasteiger partial charge < -0.3 is 15.0 Å². The lowest BCUT2D eigenvalue weighted by Crippen LogP contribution is -2.34. The maximum Gasteiger partial charge on any atom is 0.256 e. The molecule has 2 aliphatic rings. The average molecular weight is 619 g/mol. The van der Waals surface area contributed by atoms with Crippen LogP contribution in [0.5, 0.6) is 0 Å². The Balaban J connectivity index is 0.00000323. The number of amides is 1. The molecule has 0 aliphatic carbocycles. The summed E-state index contributed by atoms with van der Waals surface area (Å²) < 4.78 is 34.2. The van der Waals surface area contributed by atoms with Gasteiger partial charge >= 0.3 is 0 Å². The molecule has 0 bridgehead atoms. The second kappa shape index (κ2) is 11.8. The minimum absolute atomic E-state index is 0. The highest BCUT2D eigenvalue weighted by Crippen LogP contribution is 2.45. The van der Waals surface area contributed by atoms with Crippen LogP contribution in [0.3, 0.4) is 0 Å². The maximum atomic E-state index is 13.4. The first-order valence-electron chi connectivity index (χ1n) is 13.0. The van der Waals surface area contributed by atoms with Gasteiger partial charge in [0.2, 0.25) is 10.0 Å². The lowest BCUT2D eigenvalue weighted by molar-refractivity contribution is 0.0979. The first kappa shape index (κ1) is 29.1. The summed E-state index contributed by atoms with van der Waals surface area (Å²) in [5, 5.41) is 4.81. The Hall–Kier alpha value is -2.38. The quantitative estimate of drug-likeness (QED) is 0.295. The van der Waals surface area contributed by atoms with Gasteiger partial charge in [-0.1, -0.05) is 12.1 Å². The van der Waals surface area contributed by atoms with E-state index in [2.05, 4.69) is 23.3 Å². The normalized spacial score (nSPS) is 17.6. The largest absolute Gasteiger partial charge is 0.377 e. The third-order valence-corrected chi connectivity index (χ3v) is 11.3. The van der Waals surface area contributed by atoms with Gasteiger partial charge in [0.1, 0.15) is 10.0 Å². The molecule has 1 atom stereocenters. The molecule has 4 heterocycles. The van der Waals surface area contributed by atoms with E-state index in [-0.39, 0.29) is 29.3 Å². The number of para-hydroxylation sites is 1. The summed E-state index contributed by atoms with van der Waals surface area (Å²) in [6, 6.07) is 14.2. The zero-order chi connectivity index (χ0) is 27.1. The lowest BCUT2D eigenvalue weighted by Gasteiger charge is -2.22. The number of anilines is 1. The number of hydrogen-bond acceptors (Lipinski definition) is 8. The van der Waals surface area contributed by atoms with Gasteiger partial charge in [0.05, 0.1) is 21.2 Å². The van der Waals surface area contributed by atoms with Crippen LogP contribution < -0.4 is 5.32 Å². The molecule has 212 valence electrons. The number of carbonyl (C=O) groups excluding carboxylic acids is 1. The standard InChI is InChI=1S/C28H30N4O4S3.ClH/c1-31-14-13-21-24(17-31)38-28(25(21)27-29-22-7-3-4-8-23(22)37-27)30-26(33)18-9-11-20(12-10-18)39(34,35)32(2)16-19-6-5-15-36-19;/h3-4,7-12,19H,5-6,13-17H2,1-2H3,(H,30,33);1H. The summed E-state index contributed by atoms with van der Waals surface area (Å²) in [6.45, 7) is 2.77. The molecule has 0 radical (unpaired) electrons. The van der Waals surface area contributed by atoms with E-state index in [1.54, 1.807) is 41.9 Å². The van der Waals surface area contributed by atoms with Gasteiger partial charge in [-0.2, -0.15) is 4.31 Å². The van der Waals surface area contributed by atoms with E-state index in [1.807, 2.05) is 18.2 Å². The highest BCUT2D eigenvalue weighted by molar-refractivity contribution is 7.89. The Morgan fingerprint density at radius 3 is 2.67 bits per heavy atom. The number of ether oxygens (including phenoxy) is 1. The van der Waals surface area contributed by atoms with Crippen molar-refractivity contribution in [3.63, 3.8) is 0 Å². The molecule has 0 saturated carbocycles. The van der Waals surface area contributed by atoms with Crippen LogP contribution >= 0.6 is 35.1 Å². The zero-order valence-electron chi connectivity index (χ0n) is 22.3. The molecule has 1 amide bonds. The van der Waals surface area contributed by atoms with Gasteiger partial charge in [-0.3, -0.25) is 4.79 Å². The zero-order valence-corrected chi connectivity index (χ0v) is 25.5. The molecule has 1 N–H and O–H groups in total. The van der Waals surface area contributed by atoms with Gasteiger partial charge in [0.15, 0.2) is 0 Å². The summed E-state index contributed by atoms with van der Waals surface area (Å²) in [5.74, 6) is -0.277. The number of nitrogens with zero attached hydrogens (tertiary/aromatic N) is 3. The van der Waals surface area contributed by atoms with Crippen molar-refractivity contribution < 1.29 is 17.9 Å². The Morgan fingerprint density at radius 2 is 1.95 bits per heavy atom. The molecule has 2 aromatic heterocycles. The van der Waals surface area contributed by atoms with E-state index in [9.17, 15) is 13.2 Å². The van der Waals surface area contributed by atoms with Gasteiger partial charge in [-0.25, -0.2) is 13.4 Å². The van der Waals surface area contributed by atoms with Crippen LogP contribution in [0.2, 0.25) is 0 Å². The molecule has 1 unspecified atom stereocenters. The fourth-order valence-electron chi connectivity index (χ4n) is 5.13. The minimum atomic E-state index is -3.68. The summed E-state index contributed by atoms with van der Waals surface area (Å²) in [4.78, 5) is 21.9. The number of likely N-dealkylation sites (N-methyl/N-ethyl adjacent to an activating group) is 2. The van der Waals surface area contributed by atoms with Crippen LogP contribution in [-0.4, -0.2) is 68.4 Å². The van der Waals surface area contributed by atoms with Crippen molar-refractivity contribution in [3.05, 3.63) is 64.5 Å². The van der Waals surface area contributed by atoms with Crippen molar-refractivity contribution in [1.29, 1.82) is 0 Å². The number of carbonyl (C=O) groups is 1. The van der Waals surface area contributed by atoms with Crippen LogP contribution in [0.15, 0.2) is 53.4 Å². The van der Waals surface area contributed by atoms with Crippen molar-refractivity contribution in [2.24, 2.45) is 0 Å². The van der Waals surface area contributed by atoms with E-state index in [4.69, 9.17) is 9.72 Å². The van der Waals surface area contributed by atoms with E-state index in [1.165, 1.54) is 26.9 Å². The molecule has 12 heteroatoms. The molecule has 2 aliphatic heterocycles. The van der Waals surface area contributed by atoms with Gasteiger partial charge in [-0.15, -0.1) is 35.1 Å². The highest BCUT2D eigenvalue weighted by atomic mass is 35.5. The number of fused-ring (bicyclic) bond motifs is 2. The molecule has 40 heavy (non-hydrogen) atoms.